The normalized spacial score (nSPS) is 20.2. The van der Waals surface area contributed by atoms with Crippen molar-refractivity contribution in [3.8, 4) is 0 Å². The van der Waals surface area contributed by atoms with Crippen LogP contribution in [0.25, 0.3) is 0 Å². The van der Waals surface area contributed by atoms with Crippen LogP contribution in [0.15, 0.2) is 29.4 Å². The first-order chi connectivity index (χ1) is 11.4. The van der Waals surface area contributed by atoms with E-state index in [1.165, 1.54) is 6.07 Å². The van der Waals surface area contributed by atoms with Crippen LogP contribution >= 0.6 is 0 Å². The molecule has 3 rings (SSSR count). The van der Waals surface area contributed by atoms with Gasteiger partial charge < -0.3 is 14.3 Å². The van der Waals surface area contributed by atoms with Crippen molar-refractivity contribution in [1.29, 1.82) is 0 Å². The fraction of sp³-hybridized carbons (Fsp3) is 0.500. The third kappa shape index (κ3) is 3.76. The molecule has 0 bridgehead atoms. The third-order valence-electron chi connectivity index (χ3n) is 4.09. The Morgan fingerprint density at radius 1 is 1.17 bits per heavy atom. The first kappa shape index (κ1) is 16.9. The van der Waals surface area contributed by atoms with Crippen LogP contribution < -0.4 is 0 Å². The van der Waals surface area contributed by atoms with Gasteiger partial charge >= 0.3 is 12.1 Å². The number of hydrogen-bond donors (Lipinski definition) is 0. The molecule has 2 fully saturated rings. The molecule has 8 heteroatoms. The molecule has 130 valence electrons. The molecule has 1 heterocycles. The summed E-state index contributed by atoms with van der Waals surface area (Å²) < 4.78 is 49.1. The smallest absolute Gasteiger partial charge is 0.348 e. The minimum Gasteiger partial charge on any atom is -0.348 e. The molecule has 0 aromatic heterocycles. The molecule has 1 aliphatic carbocycles. The minimum atomic E-state index is -4.51. The lowest BCUT2D eigenvalue weighted by molar-refractivity contribution is -0.167. The monoisotopic (exact) mass is 343 g/mol. The predicted octanol–water partition coefficient (Wildman–Crippen LogP) is 3.54. The van der Waals surface area contributed by atoms with Gasteiger partial charge in [0.1, 0.15) is 0 Å². The lowest BCUT2D eigenvalue weighted by Crippen LogP contribution is -2.35. The fourth-order valence-electron chi connectivity index (χ4n) is 2.78. The molecule has 0 amide bonds. The van der Waals surface area contributed by atoms with E-state index >= 15 is 0 Å². The topological polar surface area (TPSA) is 57.1 Å². The highest BCUT2D eigenvalue weighted by Crippen LogP contribution is 2.34. The molecule has 1 aromatic carbocycles. The van der Waals surface area contributed by atoms with Gasteiger partial charge in [0, 0.05) is 12.8 Å². The summed E-state index contributed by atoms with van der Waals surface area (Å²) in [5, 5.41) is 3.78. The zero-order valence-corrected chi connectivity index (χ0v) is 12.8. The van der Waals surface area contributed by atoms with E-state index in [1.807, 2.05) is 0 Å². The zero-order chi connectivity index (χ0) is 17.2. The van der Waals surface area contributed by atoms with Gasteiger partial charge in [0.05, 0.1) is 30.1 Å². The van der Waals surface area contributed by atoms with Crippen molar-refractivity contribution in [1.82, 2.24) is 0 Å². The van der Waals surface area contributed by atoms with Crippen molar-refractivity contribution in [2.24, 2.45) is 5.16 Å². The van der Waals surface area contributed by atoms with Gasteiger partial charge in [-0.15, -0.1) is 0 Å². The predicted molar refractivity (Wildman–Crippen MR) is 77.4 cm³/mol. The van der Waals surface area contributed by atoms with Gasteiger partial charge in [0.25, 0.3) is 0 Å². The largest absolute Gasteiger partial charge is 0.416 e. The third-order valence-corrected chi connectivity index (χ3v) is 4.09. The van der Waals surface area contributed by atoms with E-state index in [4.69, 9.17) is 14.3 Å². The van der Waals surface area contributed by atoms with Crippen molar-refractivity contribution in [2.45, 2.75) is 37.6 Å². The Bertz CT molecular complexity index is 639. The van der Waals surface area contributed by atoms with Gasteiger partial charge in [0.2, 0.25) is 0 Å². The van der Waals surface area contributed by atoms with Crippen molar-refractivity contribution in [2.75, 3.05) is 13.2 Å². The van der Waals surface area contributed by atoms with Gasteiger partial charge in [-0.05, 0) is 31.0 Å². The Balaban J connectivity index is 1.60. The van der Waals surface area contributed by atoms with Crippen molar-refractivity contribution in [3.05, 3.63) is 35.4 Å². The molecule has 0 radical (unpaired) electrons. The van der Waals surface area contributed by atoms with Crippen LogP contribution in [0.2, 0.25) is 0 Å². The number of ether oxygens (including phenoxy) is 2. The molecule has 24 heavy (non-hydrogen) atoms. The van der Waals surface area contributed by atoms with E-state index in [1.54, 1.807) is 0 Å². The van der Waals surface area contributed by atoms with Gasteiger partial charge in [-0.2, -0.15) is 13.2 Å². The summed E-state index contributed by atoms with van der Waals surface area (Å²) in [6.45, 7) is 1.13. The van der Waals surface area contributed by atoms with Gasteiger partial charge in [-0.25, -0.2) is 4.79 Å². The van der Waals surface area contributed by atoms with Crippen LogP contribution in [0.5, 0.6) is 0 Å². The van der Waals surface area contributed by atoms with Gasteiger partial charge in [-0.1, -0.05) is 11.2 Å². The number of alkyl halides is 3. The Morgan fingerprint density at radius 3 is 2.46 bits per heavy atom. The van der Waals surface area contributed by atoms with E-state index in [0.717, 1.165) is 18.2 Å². The maximum absolute atomic E-state index is 12.6. The second kappa shape index (κ2) is 6.52. The number of halogens is 3. The maximum Gasteiger partial charge on any atom is 0.416 e. The highest BCUT2D eigenvalue weighted by molar-refractivity contribution is 5.91. The van der Waals surface area contributed by atoms with E-state index in [9.17, 15) is 18.0 Å². The molecular formula is C16H16F3NO4. The van der Waals surface area contributed by atoms with Crippen molar-refractivity contribution in [3.63, 3.8) is 0 Å². The van der Waals surface area contributed by atoms with Crippen LogP contribution in [-0.4, -0.2) is 30.7 Å². The maximum atomic E-state index is 12.6. The lowest BCUT2D eigenvalue weighted by atomic mass is 9.92. The molecular weight excluding hydrogens is 327 g/mol. The summed E-state index contributed by atoms with van der Waals surface area (Å²) in [7, 11) is 0. The van der Waals surface area contributed by atoms with Crippen LogP contribution in [0.1, 0.15) is 41.6 Å². The molecule has 1 aromatic rings. The standard InChI is InChI=1S/C16H16F3NO4/c17-16(18,19)12-3-1-2-11(10-12)14(21)24-20-13-4-6-15(7-5-13)22-8-9-23-15/h1-3,10H,4-9H2. The van der Waals surface area contributed by atoms with Gasteiger partial charge in [-0.3, -0.25) is 0 Å². The highest BCUT2D eigenvalue weighted by atomic mass is 19.4. The molecule has 0 N–H and O–H groups in total. The lowest BCUT2D eigenvalue weighted by Gasteiger charge is -2.31. The molecule has 1 aliphatic heterocycles. The second-order valence-electron chi connectivity index (χ2n) is 5.72. The molecule has 1 saturated heterocycles. The van der Waals surface area contributed by atoms with Crippen molar-refractivity contribution < 1.29 is 32.3 Å². The quantitative estimate of drug-likeness (QED) is 0.609. The first-order valence-electron chi connectivity index (χ1n) is 7.60. The highest BCUT2D eigenvalue weighted by Gasteiger charge is 2.39. The molecule has 1 spiro atoms. The number of carbonyl (C=O) groups excluding carboxylic acids is 1. The minimum absolute atomic E-state index is 0.191. The summed E-state index contributed by atoms with van der Waals surface area (Å²) >= 11 is 0. The summed E-state index contributed by atoms with van der Waals surface area (Å²) in [5.74, 6) is -1.47. The number of carbonyl (C=O) groups is 1. The summed E-state index contributed by atoms with van der Waals surface area (Å²) in [4.78, 5) is 16.7. The number of benzene rings is 1. The summed E-state index contributed by atoms with van der Waals surface area (Å²) in [6.07, 6.45) is -2.17. The second-order valence-corrected chi connectivity index (χ2v) is 5.72. The van der Waals surface area contributed by atoms with E-state index in [2.05, 4.69) is 5.16 Å². The summed E-state index contributed by atoms with van der Waals surface area (Å²) in [5.41, 5.74) is -0.427. The molecule has 1 saturated carbocycles. The molecule has 0 atom stereocenters. The first-order valence-corrected chi connectivity index (χ1v) is 7.60. The van der Waals surface area contributed by atoms with Crippen LogP contribution in [0.4, 0.5) is 13.2 Å². The van der Waals surface area contributed by atoms with E-state index in [0.29, 0.717) is 44.6 Å². The average molecular weight is 343 g/mol. The Labute approximate surface area is 136 Å². The Hall–Kier alpha value is -1.93. The summed E-state index contributed by atoms with van der Waals surface area (Å²) in [6, 6.07) is 4.06. The Kier molecular flexibility index (Phi) is 4.60. The molecule has 0 unspecified atom stereocenters. The van der Waals surface area contributed by atoms with E-state index < -0.39 is 23.5 Å². The SMILES string of the molecule is O=C(ON=C1CCC2(CC1)OCCO2)c1cccc(C(F)(F)F)c1. The number of nitrogens with zero attached hydrogens (tertiary/aromatic N) is 1. The molecule has 5 nitrogen and oxygen atoms in total. The van der Waals surface area contributed by atoms with Crippen LogP contribution in [-0.2, 0) is 20.5 Å². The molecule has 2 aliphatic rings. The number of hydrogen-bond acceptors (Lipinski definition) is 5. The Morgan fingerprint density at radius 2 is 1.83 bits per heavy atom. The zero-order valence-electron chi connectivity index (χ0n) is 12.8. The van der Waals surface area contributed by atoms with E-state index in [-0.39, 0.29) is 5.56 Å². The van der Waals surface area contributed by atoms with Crippen LogP contribution in [0, 0.1) is 0 Å². The number of rotatable bonds is 2. The van der Waals surface area contributed by atoms with Crippen LogP contribution in [0.3, 0.4) is 0 Å². The van der Waals surface area contributed by atoms with Gasteiger partial charge in [0.15, 0.2) is 5.79 Å². The number of oxime groups is 1. The fourth-order valence-corrected chi connectivity index (χ4v) is 2.78. The van der Waals surface area contributed by atoms with Crippen molar-refractivity contribution >= 4 is 11.7 Å². The average Bonchev–Trinajstić information content (AvgIpc) is 3.02.